The molecule has 0 bridgehead atoms. The molecular weight excluding hydrogens is 273 g/mol. The van der Waals surface area contributed by atoms with Crippen LogP contribution in [-0.4, -0.2) is 38.0 Å². The van der Waals surface area contributed by atoms with Crippen molar-refractivity contribution in [2.45, 2.75) is 6.42 Å². The summed E-state index contributed by atoms with van der Waals surface area (Å²) in [6, 6.07) is 0. The van der Waals surface area contributed by atoms with E-state index in [2.05, 4.69) is 5.32 Å². The maximum Gasteiger partial charge on any atom is 1.00 e. The number of nitrogens with zero attached hydrogens (tertiary/aromatic N) is 1. The summed E-state index contributed by atoms with van der Waals surface area (Å²) in [6.45, 7) is 1.85. The van der Waals surface area contributed by atoms with Crippen LogP contribution in [-0.2, 0) is 4.79 Å². The second-order valence-corrected chi connectivity index (χ2v) is 2.92. The van der Waals surface area contributed by atoms with E-state index in [0.717, 1.165) is 19.5 Å². The van der Waals surface area contributed by atoms with Crippen LogP contribution >= 0.6 is 0 Å². The van der Waals surface area contributed by atoms with Crippen LogP contribution < -0.4 is 74.2 Å². The van der Waals surface area contributed by atoms with Crippen LogP contribution in [0.15, 0.2) is 0 Å². The number of rotatable bonds is 1. The second-order valence-electron chi connectivity index (χ2n) is 2.92. The molecule has 4 heteroatoms. The molecule has 0 aliphatic carbocycles. The topological polar surface area (TPSA) is 32.3 Å². The summed E-state index contributed by atoms with van der Waals surface area (Å²) in [6.07, 6.45) is 0.997. The summed E-state index contributed by atoms with van der Waals surface area (Å²) in [4.78, 5) is 12.9. The molecular formula is C8H17CsN2O. The Bertz CT molecular complexity index is 133. The third-order valence-electron chi connectivity index (χ3n) is 1.85. The van der Waals surface area contributed by atoms with E-state index in [-0.39, 0.29) is 88.1 Å². The van der Waals surface area contributed by atoms with Crippen LogP contribution in [0.2, 0.25) is 0 Å². The first-order valence-corrected chi connectivity index (χ1v) is 3.63. The molecule has 1 amide bonds. The second kappa shape index (κ2) is 7.85. The minimum absolute atomic E-state index is 0. The van der Waals surface area contributed by atoms with Gasteiger partial charge in [-0.2, -0.15) is 0 Å². The number of carbonyl (C=O) groups is 1. The van der Waals surface area contributed by atoms with Crippen molar-refractivity contribution in [3.8, 4) is 0 Å². The predicted octanol–water partition coefficient (Wildman–Crippen LogP) is -2.86. The van der Waals surface area contributed by atoms with Gasteiger partial charge in [-0.3, -0.25) is 4.79 Å². The molecule has 12 heavy (non-hydrogen) atoms. The van der Waals surface area contributed by atoms with E-state index >= 15 is 0 Å². The zero-order valence-corrected chi connectivity index (χ0v) is 14.8. The van der Waals surface area contributed by atoms with Gasteiger partial charge in [0.2, 0.25) is 5.91 Å². The third kappa shape index (κ3) is 4.64. The number of amides is 1. The smallest absolute Gasteiger partial charge is 0.358 e. The van der Waals surface area contributed by atoms with Gasteiger partial charge < -0.3 is 17.6 Å². The molecule has 0 aromatic carbocycles. The van der Waals surface area contributed by atoms with Crippen molar-refractivity contribution in [2.75, 3.05) is 27.2 Å². The average Bonchev–Trinajstić information content (AvgIpc) is 2.36. The van der Waals surface area contributed by atoms with Gasteiger partial charge in [-0.1, -0.05) is 0 Å². The van der Waals surface area contributed by atoms with Gasteiger partial charge in [0, 0.05) is 20.6 Å². The Labute approximate surface area is 134 Å². The zero-order chi connectivity index (χ0) is 7.56. The van der Waals surface area contributed by atoms with Gasteiger partial charge in [0.25, 0.3) is 0 Å². The molecule has 0 aromatic rings. The van der Waals surface area contributed by atoms with Gasteiger partial charge >= 0.3 is 68.9 Å². The number of hydrogen-bond acceptors (Lipinski definition) is 2. The van der Waals surface area contributed by atoms with Gasteiger partial charge in [-0.25, -0.2) is 0 Å². The van der Waals surface area contributed by atoms with Gasteiger partial charge in [-0.05, 0) is 13.0 Å². The molecule has 1 aliphatic rings. The first-order chi connectivity index (χ1) is 4.72. The fraction of sp³-hybridized carbons (Fsp3) is 0.750. The maximum atomic E-state index is 11.2. The number of nitrogens with one attached hydrogen (secondary N) is 1. The molecule has 1 N–H and O–H groups in total. The van der Waals surface area contributed by atoms with Crippen LogP contribution in [0.5, 0.6) is 0 Å². The van der Waals surface area contributed by atoms with Gasteiger partial charge in [0.15, 0.2) is 0 Å². The van der Waals surface area contributed by atoms with Crippen molar-refractivity contribution in [3.63, 3.8) is 0 Å². The normalized spacial score (nSPS) is 20.7. The summed E-state index contributed by atoms with van der Waals surface area (Å²) in [5, 5.41) is 3.16. The maximum absolute atomic E-state index is 11.2. The minimum Gasteiger partial charge on any atom is -0.358 e. The minimum atomic E-state index is 0. The van der Waals surface area contributed by atoms with Gasteiger partial charge in [0.05, 0.1) is 5.92 Å². The zero-order valence-electron chi connectivity index (χ0n) is 8.55. The fourth-order valence-electron chi connectivity index (χ4n) is 1.23. The monoisotopic (exact) mass is 290 g/mol. The molecule has 0 aromatic heterocycles. The van der Waals surface area contributed by atoms with E-state index in [1.807, 2.05) is 0 Å². The summed E-state index contributed by atoms with van der Waals surface area (Å²) in [5.41, 5.74) is 0. The predicted molar refractivity (Wildman–Crippen MR) is 46.1 cm³/mol. The molecule has 3 nitrogen and oxygen atoms in total. The van der Waals surface area contributed by atoms with Crippen LogP contribution in [0, 0.1) is 13.3 Å². The van der Waals surface area contributed by atoms with E-state index in [0.29, 0.717) is 0 Å². The molecule has 0 saturated carbocycles. The first-order valence-electron chi connectivity index (χ1n) is 3.63. The molecule has 0 radical (unpaired) electrons. The summed E-state index contributed by atoms with van der Waals surface area (Å²) >= 11 is 0. The summed E-state index contributed by atoms with van der Waals surface area (Å²) < 4.78 is 0. The van der Waals surface area contributed by atoms with E-state index in [1.165, 1.54) is 0 Å². The number of carbonyl (C=O) groups excluding carboxylic acids is 1. The quantitative estimate of drug-likeness (QED) is 0.527. The van der Waals surface area contributed by atoms with Crippen molar-refractivity contribution in [1.82, 2.24) is 10.2 Å². The third-order valence-corrected chi connectivity index (χ3v) is 1.85. The van der Waals surface area contributed by atoms with E-state index in [1.54, 1.807) is 19.0 Å². The molecule has 1 fully saturated rings. The van der Waals surface area contributed by atoms with Crippen LogP contribution in [0.1, 0.15) is 6.42 Å². The molecule has 1 aliphatic heterocycles. The van der Waals surface area contributed by atoms with Crippen LogP contribution in [0.25, 0.3) is 0 Å². The Morgan fingerprint density at radius 2 is 2.08 bits per heavy atom. The molecule has 1 saturated heterocycles. The standard InChI is InChI=1S/C7H14N2O.CH3.Cs/c1-9(2)7(10)6-3-4-8-5-6;;/h6,8H,3-5H2,1-2H3;1H3;/q;-1;+1. The molecule has 0 spiro atoms. The Morgan fingerprint density at radius 3 is 2.42 bits per heavy atom. The largest absolute Gasteiger partial charge is 1.00 e. The number of hydrogen-bond donors (Lipinski definition) is 1. The summed E-state index contributed by atoms with van der Waals surface area (Å²) in [7, 11) is 3.61. The summed E-state index contributed by atoms with van der Waals surface area (Å²) in [5.74, 6) is 0.486. The van der Waals surface area contributed by atoms with Crippen LogP contribution in [0.3, 0.4) is 0 Å². The molecule has 1 unspecified atom stereocenters. The Hall–Kier alpha value is 1.48. The Morgan fingerprint density at radius 1 is 1.50 bits per heavy atom. The molecule has 1 atom stereocenters. The average molecular weight is 290 g/mol. The SMILES string of the molecule is CN(C)C(=O)C1CCNC1.[CH3-].[Cs+]. The molecule has 66 valence electrons. The van der Waals surface area contributed by atoms with Gasteiger partial charge in [0.1, 0.15) is 0 Å². The van der Waals surface area contributed by atoms with Crippen molar-refractivity contribution < 1.29 is 73.7 Å². The van der Waals surface area contributed by atoms with Crippen molar-refractivity contribution >= 4 is 5.91 Å². The van der Waals surface area contributed by atoms with Crippen molar-refractivity contribution in [3.05, 3.63) is 7.43 Å². The van der Waals surface area contributed by atoms with E-state index in [4.69, 9.17) is 0 Å². The van der Waals surface area contributed by atoms with Crippen molar-refractivity contribution in [1.29, 1.82) is 0 Å². The van der Waals surface area contributed by atoms with Crippen LogP contribution in [0.4, 0.5) is 0 Å². The Balaban J connectivity index is 0. The van der Waals surface area contributed by atoms with Crippen molar-refractivity contribution in [2.24, 2.45) is 5.92 Å². The van der Waals surface area contributed by atoms with E-state index in [9.17, 15) is 4.79 Å². The van der Waals surface area contributed by atoms with E-state index < -0.39 is 0 Å². The molecule has 1 rings (SSSR count). The fourth-order valence-corrected chi connectivity index (χ4v) is 1.23. The first kappa shape index (κ1) is 15.9. The molecule has 1 heterocycles. The van der Waals surface area contributed by atoms with Gasteiger partial charge in [-0.15, -0.1) is 0 Å². The Kier molecular flexibility index (Phi) is 10.4.